The number of primary amides is 1. The van der Waals surface area contributed by atoms with Gasteiger partial charge in [0, 0.05) is 17.9 Å². The summed E-state index contributed by atoms with van der Waals surface area (Å²) in [5.41, 5.74) is 9.28. The number of rotatable bonds is 5. The number of amides is 2. The number of nitrogens with one attached hydrogen (secondary N) is 2. The highest BCUT2D eigenvalue weighted by atomic mass is 16.2. The molecule has 0 aliphatic carbocycles. The molecule has 0 spiro atoms. The molecular formula is C17H21N3O. The molecule has 4 N–H and O–H groups in total. The molecule has 0 atom stereocenters. The Labute approximate surface area is 125 Å². The Morgan fingerprint density at radius 2 is 1.76 bits per heavy atom. The smallest absolute Gasteiger partial charge is 0.316 e. The lowest BCUT2D eigenvalue weighted by Gasteiger charge is -2.10. The number of nitrogens with two attached hydrogens (primary N) is 1. The minimum Gasteiger partial charge on any atom is -0.381 e. The van der Waals surface area contributed by atoms with Gasteiger partial charge < -0.3 is 16.4 Å². The summed E-state index contributed by atoms with van der Waals surface area (Å²) in [6.07, 6.45) is 0. The lowest BCUT2D eigenvalue weighted by Crippen LogP contribution is -2.19. The van der Waals surface area contributed by atoms with E-state index in [-0.39, 0.29) is 0 Å². The van der Waals surface area contributed by atoms with Gasteiger partial charge in [-0.1, -0.05) is 44.2 Å². The summed E-state index contributed by atoms with van der Waals surface area (Å²) in [6.45, 7) is 5.10. The molecule has 2 amide bonds. The second-order valence-corrected chi connectivity index (χ2v) is 5.32. The van der Waals surface area contributed by atoms with E-state index in [1.807, 2.05) is 18.2 Å². The van der Waals surface area contributed by atoms with Gasteiger partial charge in [0.25, 0.3) is 0 Å². The van der Waals surface area contributed by atoms with Crippen LogP contribution in [0, 0.1) is 0 Å². The Morgan fingerprint density at radius 1 is 1.10 bits per heavy atom. The molecule has 0 fully saturated rings. The molecule has 0 aliphatic rings. The van der Waals surface area contributed by atoms with Crippen LogP contribution in [0.4, 0.5) is 16.2 Å². The molecule has 0 saturated heterocycles. The Balaban J connectivity index is 1.97. The third-order valence-corrected chi connectivity index (χ3v) is 3.27. The van der Waals surface area contributed by atoms with Crippen molar-refractivity contribution in [3.8, 4) is 0 Å². The van der Waals surface area contributed by atoms with Crippen LogP contribution in [-0.2, 0) is 6.54 Å². The van der Waals surface area contributed by atoms with Crippen molar-refractivity contribution in [3.05, 3.63) is 59.7 Å². The molecule has 0 aromatic heterocycles. The van der Waals surface area contributed by atoms with Crippen LogP contribution in [0.2, 0.25) is 0 Å². The Hall–Kier alpha value is -2.49. The van der Waals surface area contributed by atoms with Gasteiger partial charge in [-0.15, -0.1) is 0 Å². The molecule has 0 bridgehead atoms. The molecule has 21 heavy (non-hydrogen) atoms. The highest BCUT2D eigenvalue weighted by Crippen LogP contribution is 2.17. The largest absolute Gasteiger partial charge is 0.381 e. The van der Waals surface area contributed by atoms with Gasteiger partial charge in [-0.2, -0.15) is 0 Å². The number of carbonyl (C=O) groups is 1. The predicted octanol–water partition coefficient (Wildman–Crippen LogP) is 3.91. The van der Waals surface area contributed by atoms with Gasteiger partial charge in [-0.25, -0.2) is 4.79 Å². The van der Waals surface area contributed by atoms with E-state index in [1.54, 1.807) is 6.07 Å². The zero-order valence-electron chi connectivity index (χ0n) is 12.4. The van der Waals surface area contributed by atoms with Crippen molar-refractivity contribution in [2.24, 2.45) is 5.73 Å². The van der Waals surface area contributed by atoms with Gasteiger partial charge in [0.05, 0.1) is 0 Å². The summed E-state index contributed by atoms with van der Waals surface area (Å²) in [4.78, 5) is 10.8. The maximum atomic E-state index is 10.8. The SMILES string of the molecule is CC(C)c1ccc(CNc2cccc(NC(N)=O)c2)cc1. The summed E-state index contributed by atoms with van der Waals surface area (Å²) in [7, 11) is 0. The number of benzene rings is 2. The number of anilines is 2. The number of hydrogen-bond donors (Lipinski definition) is 3. The lowest BCUT2D eigenvalue weighted by atomic mass is 10.0. The highest BCUT2D eigenvalue weighted by molar-refractivity contribution is 5.88. The lowest BCUT2D eigenvalue weighted by molar-refractivity contribution is 0.259. The van der Waals surface area contributed by atoms with Crippen molar-refractivity contribution >= 4 is 17.4 Å². The average Bonchev–Trinajstić information content (AvgIpc) is 2.45. The standard InChI is InChI=1S/C17H21N3O/c1-12(2)14-8-6-13(7-9-14)11-19-15-4-3-5-16(10-15)20-17(18)21/h3-10,12,19H,11H2,1-2H3,(H3,18,20,21). The van der Waals surface area contributed by atoms with Crippen molar-refractivity contribution in [3.63, 3.8) is 0 Å². The van der Waals surface area contributed by atoms with Crippen LogP contribution in [0.5, 0.6) is 0 Å². The number of hydrogen-bond acceptors (Lipinski definition) is 2. The van der Waals surface area contributed by atoms with E-state index in [9.17, 15) is 4.79 Å². The molecule has 0 unspecified atom stereocenters. The molecule has 2 rings (SSSR count). The molecule has 110 valence electrons. The summed E-state index contributed by atoms with van der Waals surface area (Å²) < 4.78 is 0. The topological polar surface area (TPSA) is 67.2 Å². The fourth-order valence-electron chi connectivity index (χ4n) is 2.07. The maximum absolute atomic E-state index is 10.8. The van der Waals surface area contributed by atoms with E-state index < -0.39 is 6.03 Å². The number of urea groups is 1. The molecular weight excluding hydrogens is 262 g/mol. The predicted molar refractivity (Wildman–Crippen MR) is 87.5 cm³/mol. The summed E-state index contributed by atoms with van der Waals surface area (Å²) in [5.74, 6) is 0.545. The second kappa shape index (κ2) is 6.79. The molecule has 0 aliphatic heterocycles. The zero-order chi connectivity index (χ0) is 15.2. The van der Waals surface area contributed by atoms with Crippen LogP contribution in [0.25, 0.3) is 0 Å². The van der Waals surface area contributed by atoms with Crippen molar-refractivity contribution in [1.82, 2.24) is 0 Å². The van der Waals surface area contributed by atoms with E-state index in [2.05, 4.69) is 48.7 Å². The Morgan fingerprint density at radius 3 is 2.38 bits per heavy atom. The van der Waals surface area contributed by atoms with Gasteiger partial charge in [0.15, 0.2) is 0 Å². The molecule has 4 nitrogen and oxygen atoms in total. The molecule has 2 aromatic rings. The van der Waals surface area contributed by atoms with Gasteiger partial charge in [0.2, 0.25) is 0 Å². The number of carbonyl (C=O) groups excluding carboxylic acids is 1. The van der Waals surface area contributed by atoms with E-state index in [0.29, 0.717) is 11.6 Å². The monoisotopic (exact) mass is 283 g/mol. The third kappa shape index (κ3) is 4.53. The first-order valence-electron chi connectivity index (χ1n) is 7.04. The molecule has 0 saturated carbocycles. The molecule has 0 radical (unpaired) electrons. The molecule has 2 aromatic carbocycles. The minimum absolute atomic E-state index is 0.545. The maximum Gasteiger partial charge on any atom is 0.316 e. The first-order chi connectivity index (χ1) is 10.0. The van der Waals surface area contributed by atoms with Crippen LogP contribution in [0.3, 0.4) is 0 Å². The fraction of sp³-hybridized carbons (Fsp3) is 0.235. The van der Waals surface area contributed by atoms with Crippen molar-refractivity contribution in [1.29, 1.82) is 0 Å². The van der Waals surface area contributed by atoms with Crippen LogP contribution in [0.15, 0.2) is 48.5 Å². The molecule has 4 heteroatoms. The Bertz CT molecular complexity index is 606. The van der Waals surface area contributed by atoms with Crippen LogP contribution in [0.1, 0.15) is 30.9 Å². The van der Waals surface area contributed by atoms with Gasteiger partial charge >= 0.3 is 6.03 Å². The van der Waals surface area contributed by atoms with Gasteiger partial charge in [0.1, 0.15) is 0 Å². The third-order valence-electron chi connectivity index (χ3n) is 3.27. The highest BCUT2D eigenvalue weighted by Gasteiger charge is 2.00. The van der Waals surface area contributed by atoms with E-state index in [1.165, 1.54) is 11.1 Å². The van der Waals surface area contributed by atoms with Crippen molar-refractivity contribution in [2.75, 3.05) is 10.6 Å². The summed E-state index contributed by atoms with van der Waals surface area (Å²) in [6, 6.07) is 15.5. The first kappa shape index (κ1) is 14.9. The summed E-state index contributed by atoms with van der Waals surface area (Å²) >= 11 is 0. The van der Waals surface area contributed by atoms with Crippen molar-refractivity contribution in [2.45, 2.75) is 26.3 Å². The molecule has 0 heterocycles. The van der Waals surface area contributed by atoms with Crippen LogP contribution < -0.4 is 16.4 Å². The second-order valence-electron chi connectivity index (χ2n) is 5.32. The fourth-order valence-corrected chi connectivity index (χ4v) is 2.07. The van der Waals surface area contributed by atoms with E-state index in [0.717, 1.165) is 12.2 Å². The normalized spacial score (nSPS) is 10.4. The van der Waals surface area contributed by atoms with Gasteiger partial charge in [-0.05, 0) is 35.2 Å². The average molecular weight is 283 g/mol. The Kier molecular flexibility index (Phi) is 4.82. The van der Waals surface area contributed by atoms with E-state index in [4.69, 9.17) is 5.73 Å². The first-order valence-corrected chi connectivity index (χ1v) is 7.04. The quantitative estimate of drug-likeness (QED) is 0.778. The van der Waals surface area contributed by atoms with Crippen LogP contribution >= 0.6 is 0 Å². The van der Waals surface area contributed by atoms with Crippen molar-refractivity contribution < 1.29 is 4.79 Å². The minimum atomic E-state index is -0.559. The van der Waals surface area contributed by atoms with Gasteiger partial charge in [-0.3, -0.25) is 0 Å². The zero-order valence-corrected chi connectivity index (χ0v) is 12.4. The summed E-state index contributed by atoms with van der Waals surface area (Å²) in [5, 5.41) is 5.89. The van der Waals surface area contributed by atoms with Crippen LogP contribution in [-0.4, -0.2) is 6.03 Å². The van der Waals surface area contributed by atoms with E-state index >= 15 is 0 Å².